The number of piperazine rings is 1. The van der Waals surface area contributed by atoms with E-state index in [0.717, 1.165) is 11.1 Å². The number of benzene rings is 2. The first-order valence-corrected chi connectivity index (χ1v) is 10.4. The third-order valence-electron chi connectivity index (χ3n) is 4.56. The van der Waals surface area contributed by atoms with Gasteiger partial charge in [0.05, 0.1) is 11.5 Å². The van der Waals surface area contributed by atoms with E-state index in [9.17, 15) is 8.42 Å². The zero-order valence-electron chi connectivity index (χ0n) is 15.0. The number of hydrogen-bond acceptors (Lipinski definition) is 6. The van der Waals surface area contributed by atoms with E-state index in [4.69, 9.17) is 9.15 Å². The third-order valence-corrected chi connectivity index (χ3v) is 6.48. The molecule has 0 radical (unpaired) electrons. The molecule has 1 aliphatic heterocycles. The summed E-state index contributed by atoms with van der Waals surface area (Å²) in [4.78, 5) is 6.74. The van der Waals surface area contributed by atoms with Gasteiger partial charge in [-0.2, -0.15) is 9.29 Å². The highest BCUT2D eigenvalue weighted by atomic mass is 32.2. The van der Waals surface area contributed by atoms with Gasteiger partial charge in [-0.05, 0) is 43.3 Å². The molecule has 0 amide bonds. The minimum Gasteiger partial charge on any atom is -0.494 e. The molecule has 7 nitrogen and oxygen atoms in total. The van der Waals surface area contributed by atoms with Gasteiger partial charge in [0.25, 0.3) is 6.01 Å². The Labute approximate surface area is 158 Å². The topological polar surface area (TPSA) is 75.9 Å². The summed E-state index contributed by atoms with van der Waals surface area (Å²) in [5, 5.41) is 0. The maximum absolute atomic E-state index is 12.9. The monoisotopic (exact) mass is 387 g/mol. The van der Waals surface area contributed by atoms with E-state index in [-0.39, 0.29) is 4.90 Å². The molecular weight excluding hydrogens is 366 g/mol. The second-order valence-corrected chi connectivity index (χ2v) is 8.20. The summed E-state index contributed by atoms with van der Waals surface area (Å²) in [7, 11) is -3.52. The SMILES string of the molecule is CCOc1ccc(S(=O)(=O)N2CCN(c3nc4ccccc4o3)CC2)cc1. The molecule has 1 aromatic heterocycles. The molecule has 0 spiro atoms. The summed E-state index contributed by atoms with van der Waals surface area (Å²) in [6, 6.07) is 14.7. The van der Waals surface area contributed by atoms with Crippen LogP contribution in [0.5, 0.6) is 5.75 Å². The Bertz CT molecular complexity index is 990. The maximum atomic E-state index is 12.9. The van der Waals surface area contributed by atoms with Gasteiger partial charge in [0, 0.05) is 26.2 Å². The molecule has 8 heteroatoms. The highest BCUT2D eigenvalue weighted by Gasteiger charge is 2.30. The van der Waals surface area contributed by atoms with Crippen molar-refractivity contribution in [3.63, 3.8) is 0 Å². The Kier molecular flexibility index (Phi) is 4.75. The van der Waals surface area contributed by atoms with Crippen LogP contribution in [-0.4, -0.2) is 50.5 Å². The highest BCUT2D eigenvalue weighted by molar-refractivity contribution is 7.89. The van der Waals surface area contributed by atoms with E-state index in [0.29, 0.717) is 44.6 Å². The van der Waals surface area contributed by atoms with Crippen LogP contribution in [0.25, 0.3) is 11.1 Å². The van der Waals surface area contributed by atoms with Crippen LogP contribution < -0.4 is 9.64 Å². The molecule has 2 heterocycles. The van der Waals surface area contributed by atoms with Crippen molar-refractivity contribution < 1.29 is 17.6 Å². The number of rotatable bonds is 5. The number of hydrogen-bond donors (Lipinski definition) is 0. The number of fused-ring (bicyclic) bond motifs is 1. The van der Waals surface area contributed by atoms with Gasteiger partial charge in [-0.3, -0.25) is 0 Å². The van der Waals surface area contributed by atoms with Crippen molar-refractivity contribution in [2.75, 3.05) is 37.7 Å². The fourth-order valence-corrected chi connectivity index (χ4v) is 4.56. The average molecular weight is 387 g/mol. The fraction of sp³-hybridized carbons (Fsp3) is 0.316. The second-order valence-electron chi connectivity index (χ2n) is 6.26. The van der Waals surface area contributed by atoms with Crippen LogP contribution in [0.4, 0.5) is 6.01 Å². The van der Waals surface area contributed by atoms with Gasteiger partial charge in [0.1, 0.15) is 11.3 Å². The summed E-state index contributed by atoms with van der Waals surface area (Å²) >= 11 is 0. The van der Waals surface area contributed by atoms with Gasteiger partial charge in [0.15, 0.2) is 5.58 Å². The van der Waals surface area contributed by atoms with Gasteiger partial charge >= 0.3 is 0 Å². The zero-order chi connectivity index (χ0) is 18.9. The zero-order valence-corrected chi connectivity index (χ0v) is 15.9. The minimum atomic E-state index is -3.52. The number of para-hydroxylation sites is 2. The number of ether oxygens (including phenoxy) is 1. The fourth-order valence-electron chi connectivity index (χ4n) is 3.14. The molecular formula is C19H21N3O4S. The summed E-state index contributed by atoms with van der Waals surface area (Å²) < 4.78 is 38.4. The molecule has 0 atom stereocenters. The third kappa shape index (κ3) is 3.50. The summed E-state index contributed by atoms with van der Waals surface area (Å²) in [5.74, 6) is 0.664. The lowest BCUT2D eigenvalue weighted by Gasteiger charge is -2.33. The molecule has 0 bridgehead atoms. The van der Waals surface area contributed by atoms with Crippen molar-refractivity contribution in [2.45, 2.75) is 11.8 Å². The van der Waals surface area contributed by atoms with Crippen molar-refractivity contribution >= 4 is 27.1 Å². The molecule has 0 unspecified atom stereocenters. The first kappa shape index (κ1) is 17.8. The quantitative estimate of drug-likeness (QED) is 0.670. The lowest BCUT2D eigenvalue weighted by molar-refractivity contribution is 0.340. The Hall–Kier alpha value is -2.58. The van der Waals surface area contributed by atoms with Crippen molar-refractivity contribution in [1.82, 2.24) is 9.29 Å². The van der Waals surface area contributed by atoms with Crippen molar-refractivity contribution in [2.24, 2.45) is 0 Å². The van der Waals surface area contributed by atoms with Crippen LogP contribution in [0.3, 0.4) is 0 Å². The van der Waals surface area contributed by atoms with E-state index in [1.807, 2.05) is 36.1 Å². The Morgan fingerprint density at radius 2 is 1.74 bits per heavy atom. The lowest BCUT2D eigenvalue weighted by Crippen LogP contribution is -2.48. The van der Waals surface area contributed by atoms with Gasteiger partial charge in [-0.25, -0.2) is 8.42 Å². The van der Waals surface area contributed by atoms with Crippen molar-refractivity contribution in [3.8, 4) is 5.75 Å². The van der Waals surface area contributed by atoms with Crippen LogP contribution in [0.2, 0.25) is 0 Å². The Morgan fingerprint density at radius 1 is 1.04 bits per heavy atom. The second kappa shape index (κ2) is 7.21. The summed E-state index contributed by atoms with van der Waals surface area (Å²) in [6.07, 6.45) is 0. The van der Waals surface area contributed by atoms with Crippen LogP contribution in [0.1, 0.15) is 6.92 Å². The smallest absolute Gasteiger partial charge is 0.298 e. The summed E-state index contributed by atoms with van der Waals surface area (Å²) in [5.41, 5.74) is 1.54. The molecule has 3 aromatic rings. The predicted octanol–water partition coefficient (Wildman–Crippen LogP) is 2.74. The highest BCUT2D eigenvalue weighted by Crippen LogP contribution is 2.25. The molecule has 0 aliphatic carbocycles. The Morgan fingerprint density at radius 3 is 2.41 bits per heavy atom. The number of sulfonamides is 1. The number of nitrogens with zero attached hydrogens (tertiary/aromatic N) is 3. The molecule has 1 aliphatic rings. The number of anilines is 1. The molecule has 2 aromatic carbocycles. The van der Waals surface area contributed by atoms with Crippen LogP contribution >= 0.6 is 0 Å². The maximum Gasteiger partial charge on any atom is 0.298 e. The van der Waals surface area contributed by atoms with E-state index in [1.165, 1.54) is 4.31 Å². The first-order valence-electron chi connectivity index (χ1n) is 8.91. The van der Waals surface area contributed by atoms with E-state index >= 15 is 0 Å². The van der Waals surface area contributed by atoms with E-state index < -0.39 is 10.0 Å². The van der Waals surface area contributed by atoms with E-state index in [2.05, 4.69) is 4.98 Å². The molecule has 1 saturated heterocycles. The molecule has 1 fully saturated rings. The van der Waals surface area contributed by atoms with Gasteiger partial charge < -0.3 is 14.1 Å². The predicted molar refractivity (Wildman–Crippen MR) is 103 cm³/mol. The minimum absolute atomic E-state index is 0.279. The van der Waals surface area contributed by atoms with Gasteiger partial charge in [-0.1, -0.05) is 12.1 Å². The largest absolute Gasteiger partial charge is 0.494 e. The van der Waals surface area contributed by atoms with Crippen LogP contribution in [0.15, 0.2) is 57.8 Å². The van der Waals surface area contributed by atoms with Gasteiger partial charge in [0.2, 0.25) is 10.0 Å². The van der Waals surface area contributed by atoms with Crippen LogP contribution in [0, 0.1) is 0 Å². The van der Waals surface area contributed by atoms with Crippen LogP contribution in [-0.2, 0) is 10.0 Å². The lowest BCUT2D eigenvalue weighted by atomic mass is 10.3. The van der Waals surface area contributed by atoms with Gasteiger partial charge in [-0.15, -0.1) is 0 Å². The summed E-state index contributed by atoms with van der Waals surface area (Å²) in [6.45, 7) is 4.26. The Balaban J connectivity index is 1.46. The average Bonchev–Trinajstić information content (AvgIpc) is 3.13. The van der Waals surface area contributed by atoms with Crippen molar-refractivity contribution in [3.05, 3.63) is 48.5 Å². The number of aromatic nitrogens is 1. The molecule has 27 heavy (non-hydrogen) atoms. The van der Waals surface area contributed by atoms with E-state index in [1.54, 1.807) is 24.3 Å². The standard InChI is InChI=1S/C19H21N3O4S/c1-2-25-15-7-9-16(10-8-15)27(23,24)22-13-11-21(12-14-22)19-20-17-5-3-4-6-18(17)26-19/h3-10H,2,11-14H2,1H3. The first-order chi connectivity index (χ1) is 13.1. The molecule has 142 valence electrons. The molecule has 0 N–H and O–H groups in total. The molecule has 4 rings (SSSR count). The van der Waals surface area contributed by atoms with Crippen molar-refractivity contribution in [1.29, 1.82) is 0 Å². The number of oxazole rings is 1. The normalized spacial score (nSPS) is 16.0. The molecule has 0 saturated carbocycles.